The average molecular weight is 353 g/mol. The van der Waals surface area contributed by atoms with E-state index in [4.69, 9.17) is 0 Å². The van der Waals surface area contributed by atoms with E-state index >= 15 is 0 Å². The van der Waals surface area contributed by atoms with Crippen LogP contribution in [0.15, 0.2) is 30.4 Å². The average Bonchev–Trinajstić information content (AvgIpc) is 2.93. The zero-order chi connectivity index (χ0) is 17.3. The Hall–Kier alpha value is -2.09. The number of amides is 2. The van der Waals surface area contributed by atoms with Crippen molar-refractivity contribution in [1.82, 2.24) is 4.90 Å². The quantitative estimate of drug-likeness (QED) is 0.820. The second-order valence-electron chi connectivity index (χ2n) is 6.37. The van der Waals surface area contributed by atoms with Crippen LogP contribution in [0, 0.1) is 17.7 Å². The van der Waals surface area contributed by atoms with E-state index in [2.05, 4.69) is 22.2 Å². The highest BCUT2D eigenvalue weighted by atomic mass is 32.2. The molecule has 2 N–H and O–H groups in total. The molecule has 3 rings (SSSR count). The summed E-state index contributed by atoms with van der Waals surface area (Å²) < 4.78 is 38.7. The Morgan fingerprint density at radius 2 is 1.83 bits per heavy atom. The second-order valence-corrected chi connectivity index (χ2v) is 8.12. The number of benzene rings is 1. The highest BCUT2D eigenvalue weighted by Crippen LogP contribution is 2.33. The summed E-state index contributed by atoms with van der Waals surface area (Å²) in [7, 11) is -3.47. The molecule has 0 bridgehead atoms. The van der Waals surface area contributed by atoms with Crippen LogP contribution in [0.25, 0.3) is 0 Å². The lowest BCUT2D eigenvalue weighted by Gasteiger charge is -2.18. The van der Waals surface area contributed by atoms with E-state index in [1.165, 1.54) is 12.1 Å². The number of halogens is 1. The lowest BCUT2D eigenvalue weighted by atomic mass is 9.86. The van der Waals surface area contributed by atoms with E-state index in [1.807, 2.05) is 0 Å². The number of anilines is 2. The van der Waals surface area contributed by atoms with Crippen molar-refractivity contribution < 1.29 is 17.6 Å². The zero-order valence-corrected chi connectivity index (χ0v) is 14.1. The van der Waals surface area contributed by atoms with Crippen molar-refractivity contribution in [2.45, 2.75) is 12.8 Å². The van der Waals surface area contributed by atoms with E-state index in [0.717, 1.165) is 25.2 Å². The summed E-state index contributed by atoms with van der Waals surface area (Å²) in [6, 6.07) is 3.34. The van der Waals surface area contributed by atoms with Crippen LogP contribution in [0.4, 0.5) is 20.6 Å². The Balaban J connectivity index is 1.69. The lowest BCUT2D eigenvalue weighted by Crippen LogP contribution is -2.33. The summed E-state index contributed by atoms with van der Waals surface area (Å²) in [5.74, 6) is 0.313. The van der Waals surface area contributed by atoms with Gasteiger partial charge >= 0.3 is 6.03 Å². The number of hydrogen-bond acceptors (Lipinski definition) is 3. The third kappa shape index (κ3) is 3.87. The molecule has 1 aliphatic carbocycles. The number of sulfonamides is 1. The summed E-state index contributed by atoms with van der Waals surface area (Å²) in [5, 5.41) is 2.54. The van der Waals surface area contributed by atoms with Gasteiger partial charge in [0.25, 0.3) is 0 Å². The number of likely N-dealkylation sites (tertiary alicyclic amines) is 1. The maximum Gasteiger partial charge on any atom is 0.321 e. The molecule has 0 spiro atoms. The third-order valence-corrected chi connectivity index (χ3v) is 5.03. The molecule has 130 valence electrons. The van der Waals surface area contributed by atoms with Crippen molar-refractivity contribution in [3.63, 3.8) is 0 Å². The molecule has 2 atom stereocenters. The van der Waals surface area contributed by atoms with E-state index in [0.29, 0.717) is 24.9 Å². The molecule has 1 aliphatic heterocycles. The SMILES string of the molecule is CS(=O)(=O)Nc1ccc(F)c(NC(=O)N2C[C@H]3CC=CC[C@H]3C2)c1. The number of fused-ring (bicyclic) bond motifs is 1. The summed E-state index contributed by atoms with van der Waals surface area (Å²) in [6.45, 7) is 1.31. The van der Waals surface area contributed by atoms with Gasteiger partial charge < -0.3 is 10.2 Å². The Labute approximate surface area is 140 Å². The molecule has 8 heteroatoms. The minimum atomic E-state index is -3.47. The number of carbonyl (C=O) groups is 1. The first-order chi connectivity index (χ1) is 11.3. The maximum atomic E-state index is 13.9. The Bertz CT molecular complexity index is 763. The topological polar surface area (TPSA) is 78.5 Å². The van der Waals surface area contributed by atoms with Gasteiger partial charge in [0.05, 0.1) is 17.6 Å². The van der Waals surface area contributed by atoms with Gasteiger partial charge in [-0.3, -0.25) is 4.72 Å². The smallest absolute Gasteiger partial charge is 0.321 e. The van der Waals surface area contributed by atoms with Gasteiger partial charge in [-0.05, 0) is 42.9 Å². The van der Waals surface area contributed by atoms with Crippen LogP contribution in [0.1, 0.15) is 12.8 Å². The minimum Gasteiger partial charge on any atom is -0.324 e. The standard InChI is InChI=1S/C16H20FN3O3S/c1-24(22,23)19-13-6-7-14(17)15(8-13)18-16(21)20-9-11-4-2-3-5-12(11)10-20/h2-3,6-8,11-12,19H,4-5,9-10H2,1H3,(H,18,21)/t11-,12+. The normalized spacial score (nSPS) is 23.0. The van der Waals surface area contributed by atoms with Crippen molar-refractivity contribution in [2.24, 2.45) is 11.8 Å². The number of hydrogen-bond donors (Lipinski definition) is 2. The summed E-state index contributed by atoms with van der Waals surface area (Å²) in [5.41, 5.74) is 0.162. The van der Waals surface area contributed by atoms with Crippen molar-refractivity contribution in [3.05, 3.63) is 36.2 Å². The first-order valence-electron chi connectivity index (χ1n) is 7.80. The predicted octanol–water partition coefficient (Wildman–Crippen LogP) is 2.63. The fraction of sp³-hybridized carbons (Fsp3) is 0.438. The number of urea groups is 1. The van der Waals surface area contributed by atoms with Gasteiger partial charge in [-0.15, -0.1) is 0 Å². The van der Waals surface area contributed by atoms with E-state index in [-0.39, 0.29) is 17.4 Å². The van der Waals surface area contributed by atoms with Crippen molar-refractivity contribution in [2.75, 3.05) is 29.4 Å². The van der Waals surface area contributed by atoms with Crippen molar-refractivity contribution >= 4 is 27.4 Å². The van der Waals surface area contributed by atoms with Gasteiger partial charge in [0.2, 0.25) is 10.0 Å². The van der Waals surface area contributed by atoms with Crippen LogP contribution in [0.2, 0.25) is 0 Å². The molecule has 1 aromatic rings. The number of nitrogens with one attached hydrogen (secondary N) is 2. The van der Waals surface area contributed by atoms with Crippen LogP contribution >= 0.6 is 0 Å². The minimum absolute atomic E-state index is 0.0401. The summed E-state index contributed by atoms with van der Waals surface area (Å²) in [6.07, 6.45) is 7.23. The molecule has 0 radical (unpaired) electrons. The van der Waals surface area contributed by atoms with Gasteiger partial charge in [-0.1, -0.05) is 12.2 Å². The molecular weight excluding hydrogens is 333 g/mol. The molecular formula is C16H20FN3O3S. The molecule has 1 heterocycles. The Kier molecular flexibility index (Phi) is 4.49. The van der Waals surface area contributed by atoms with Crippen LogP contribution in [-0.4, -0.2) is 38.7 Å². The van der Waals surface area contributed by atoms with Gasteiger partial charge in [-0.25, -0.2) is 17.6 Å². The number of rotatable bonds is 3. The Morgan fingerprint density at radius 1 is 1.21 bits per heavy atom. The molecule has 1 aromatic carbocycles. The van der Waals surface area contributed by atoms with Gasteiger partial charge in [0.1, 0.15) is 5.82 Å². The molecule has 2 amide bonds. The largest absolute Gasteiger partial charge is 0.324 e. The first-order valence-corrected chi connectivity index (χ1v) is 9.69. The van der Waals surface area contributed by atoms with E-state index in [9.17, 15) is 17.6 Å². The van der Waals surface area contributed by atoms with Gasteiger partial charge in [0, 0.05) is 13.1 Å². The Morgan fingerprint density at radius 3 is 2.42 bits per heavy atom. The monoisotopic (exact) mass is 353 g/mol. The van der Waals surface area contributed by atoms with Gasteiger partial charge in [-0.2, -0.15) is 0 Å². The molecule has 0 unspecified atom stereocenters. The number of carbonyl (C=O) groups excluding carboxylic acids is 1. The molecule has 0 aromatic heterocycles. The first kappa shape index (κ1) is 16.8. The maximum absolute atomic E-state index is 13.9. The van der Waals surface area contributed by atoms with E-state index in [1.54, 1.807) is 4.90 Å². The summed E-state index contributed by atoms with van der Waals surface area (Å²) >= 11 is 0. The number of nitrogens with zero attached hydrogens (tertiary/aromatic N) is 1. The lowest BCUT2D eigenvalue weighted by molar-refractivity contribution is 0.220. The van der Waals surface area contributed by atoms with Crippen LogP contribution < -0.4 is 10.0 Å². The van der Waals surface area contributed by atoms with Crippen LogP contribution in [-0.2, 0) is 10.0 Å². The third-order valence-electron chi connectivity index (χ3n) is 4.42. The molecule has 1 saturated heterocycles. The highest BCUT2D eigenvalue weighted by Gasteiger charge is 2.35. The number of allylic oxidation sites excluding steroid dienone is 2. The molecule has 6 nitrogen and oxygen atoms in total. The summed E-state index contributed by atoms with van der Waals surface area (Å²) in [4.78, 5) is 14.1. The van der Waals surface area contributed by atoms with Gasteiger partial charge in [0.15, 0.2) is 0 Å². The molecule has 2 aliphatic rings. The van der Waals surface area contributed by atoms with Crippen LogP contribution in [0.5, 0.6) is 0 Å². The van der Waals surface area contributed by atoms with Crippen LogP contribution in [0.3, 0.4) is 0 Å². The predicted molar refractivity (Wildman–Crippen MR) is 90.8 cm³/mol. The second kappa shape index (κ2) is 6.43. The van der Waals surface area contributed by atoms with Crippen molar-refractivity contribution in [3.8, 4) is 0 Å². The molecule has 24 heavy (non-hydrogen) atoms. The zero-order valence-electron chi connectivity index (χ0n) is 13.3. The fourth-order valence-corrected chi connectivity index (χ4v) is 3.83. The highest BCUT2D eigenvalue weighted by molar-refractivity contribution is 7.92. The fourth-order valence-electron chi connectivity index (χ4n) is 3.27. The molecule has 1 fully saturated rings. The van der Waals surface area contributed by atoms with E-state index < -0.39 is 15.8 Å². The molecule has 0 saturated carbocycles. The van der Waals surface area contributed by atoms with Crippen molar-refractivity contribution in [1.29, 1.82) is 0 Å².